The largest absolute Gasteiger partial charge is 0.493 e. The molecule has 150 valence electrons. The van der Waals surface area contributed by atoms with Crippen LogP contribution in [0.5, 0.6) is 11.5 Å². The van der Waals surface area contributed by atoms with Crippen molar-refractivity contribution < 1.29 is 14.3 Å². The Labute approximate surface area is 168 Å². The van der Waals surface area contributed by atoms with Crippen molar-refractivity contribution in [2.24, 2.45) is 5.41 Å². The summed E-state index contributed by atoms with van der Waals surface area (Å²) in [5.41, 5.74) is 1.63. The van der Waals surface area contributed by atoms with Crippen LogP contribution in [0.3, 0.4) is 0 Å². The highest BCUT2D eigenvalue weighted by molar-refractivity contribution is 5.63. The molecular formula is C24H31NO3. The van der Waals surface area contributed by atoms with Gasteiger partial charge in [-0.2, -0.15) is 0 Å². The zero-order valence-electron chi connectivity index (χ0n) is 17.6. The number of benzene rings is 2. The van der Waals surface area contributed by atoms with Crippen molar-refractivity contribution in [3.05, 3.63) is 59.7 Å². The Morgan fingerprint density at radius 1 is 1.14 bits per heavy atom. The van der Waals surface area contributed by atoms with E-state index in [1.165, 1.54) is 5.56 Å². The van der Waals surface area contributed by atoms with E-state index in [-0.39, 0.29) is 11.5 Å². The number of hydrogen-bond donors (Lipinski definition) is 0. The zero-order valence-corrected chi connectivity index (χ0v) is 17.6. The fourth-order valence-corrected chi connectivity index (χ4v) is 4.01. The highest BCUT2D eigenvalue weighted by Gasteiger charge is 2.44. The fraction of sp³-hybridized carbons (Fsp3) is 0.458. The number of methoxy groups -OCH3 is 1. The Bertz CT molecular complexity index is 812. The molecule has 1 heterocycles. The number of aldehydes is 1. The monoisotopic (exact) mass is 381 g/mol. The molecule has 0 bridgehead atoms. The molecule has 1 aliphatic rings. The molecule has 0 N–H and O–H groups in total. The minimum Gasteiger partial charge on any atom is -0.493 e. The van der Waals surface area contributed by atoms with E-state index in [0.29, 0.717) is 5.75 Å². The van der Waals surface area contributed by atoms with Crippen molar-refractivity contribution in [1.29, 1.82) is 0 Å². The molecule has 2 atom stereocenters. The summed E-state index contributed by atoms with van der Waals surface area (Å²) in [7, 11) is 1.65. The third-order valence-electron chi connectivity index (χ3n) is 5.33. The Morgan fingerprint density at radius 2 is 1.86 bits per heavy atom. The van der Waals surface area contributed by atoms with Crippen LogP contribution in [0, 0.1) is 5.41 Å². The van der Waals surface area contributed by atoms with Crippen molar-refractivity contribution in [3.8, 4) is 11.5 Å². The van der Waals surface area contributed by atoms with E-state index < -0.39 is 5.41 Å². The molecule has 4 nitrogen and oxygen atoms in total. The van der Waals surface area contributed by atoms with E-state index in [1.54, 1.807) is 7.11 Å². The van der Waals surface area contributed by atoms with E-state index in [2.05, 4.69) is 42.2 Å². The molecule has 0 amide bonds. The average molecular weight is 382 g/mol. The van der Waals surface area contributed by atoms with Gasteiger partial charge in [-0.05, 0) is 44.0 Å². The third-order valence-corrected chi connectivity index (χ3v) is 5.33. The summed E-state index contributed by atoms with van der Waals surface area (Å²) in [5, 5.41) is 0. The first kappa shape index (κ1) is 20.4. The van der Waals surface area contributed by atoms with Crippen LogP contribution in [-0.2, 0) is 11.3 Å². The Hall–Kier alpha value is -2.33. The second-order valence-electron chi connectivity index (χ2n) is 8.96. The Morgan fingerprint density at radius 3 is 2.46 bits per heavy atom. The molecule has 1 fully saturated rings. The number of carbonyl (C=O) groups is 1. The van der Waals surface area contributed by atoms with E-state index >= 15 is 0 Å². The van der Waals surface area contributed by atoms with Gasteiger partial charge >= 0.3 is 0 Å². The van der Waals surface area contributed by atoms with Crippen molar-refractivity contribution in [3.63, 3.8) is 0 Å². The van der Waals surface area contributed by atoms with Crippen molar-refractivity contribution in [1.82, 2.24) is 4.90 Å². The molecule has 0 saturated carbocycles. The van der Waals surface area contributed by atoms with Crippen LogP contribution in [0.4, 0.5) is 0 Å². The number of rotatable bonds is 6. The Balaban J connectivity index is 1.88. The fourth-order valence-electron chi connectivity index (χ4n) is 4.01. The molecule has 2 unspecified atom stereocenters. The molecule has 0 radical (unpaired) electrons. The van der Waals surface area contributed by atoms with Gasteiger partial charge in [0.15, 0.2) is 11.5 Å². The van der Waals surface area contributed by atoms with Gasteiger partial charge in [-0.3, -0.25) is 4.90 Å². The summed E-state index contributed by atoms with van der Waals surface area (Å²) in [6.07, 6.45) is 1.12. The van der Waals surface area contributed by atoms with Gasteiger partial charge in [-0.15, -0.1) is 0 Å². The van der Waals surface area contributed by atoms with Gasteiger partial charge < -0.3 is 14.3 Å². The highest BCUT2D eigenvalue weighted by Crippen LogP contribution is 2.44. The first-order valence-electron chi connectivity index (χ1n) is 9.84. The highest BCUT2D eigenvalue weighted by atomic mass is 16.5. The van der Waals surface area contributed by atoms with Crippen molar-refractivity contribution in [2.75, 3.05) is 20.2 Å². The molecule has 1 aliphatic heterocycles. The van der Waals surface area contributed by atoms with Crippen LogP contribution >= 0.6 is 0 Å². The van der Waals surface area contributed by atoms with Crippen LogP contribution in [0.1, 0.15) is 44.7 Å². The van der Waals surface area contributed by atoms with Gasteiger partial charge in [0.25, 0.3) is 0 Å². The molecule has 0 aliphatic carbocycles. The number of ether oxygens (including phenoxy) is 2. The summed E-state index contributed by atoms with van der Waals surface area (Å²) < 4.78 is 11.6. The predicted octanol–water partition coefficient (Wildman–Crippen LogP) is 4.68. The molecule has 28 heavy (non-hydrogen) atoms. The SMILES string of the molecule is COc1ccc(C2CN(Cc3ccccc3)CC2(C)C=O)cc1OC(C)(C)C. The summed E-state index contributed by atoms with van der Waals surface area (Å²) in [6.45, 7) is 10.6. The second kappa shape index (κ2) is 7.96. The molecular weight excluding hydrogens is 350 g/mol. The smallest absolute Gasteiger partial charge is 0.162 e. The third kappa shape index (κ3) is 4.56. The topological polar surface area (TPSA) is 38.8 Å². The molecule has 4 heteroatoms. The van der Waals surface area contributed by atoms with Crippen LogP contribution in [-0.4, -0.2) is 37.0 Å². The van der Waals surface area contributed by atoms with Gasteiger partial charge in [0.05, 0.1) is 7.11 Å². The maximum Gasteiger partial charge on any atom is 0.162 e. The zero-order chi connectivity index (χ0) is 20.4. The van der Waals surface area contributed by atoms with Gasteiger partial charge in [0.2, 0.25) is 0 Å². The van der Waals surface area contributed by atoms with E-state index in [1.807, 2.05) is 39.0 Å². The first-order chi connectivity index (χ1) is 13.2. The quantitative estimate of drug-likeness (QED) is 0.681. The van der Waals surface area contributed by atoms with Crippen molar-refractivity contribution >= 4 is 6.29 Å². The lowest BCUT2D eigenvalue weighted by Crippen LogP contribution is -2.28. The lowest BCUT2D eigenvalue weighted by atomic mass is 9.77. The molecule has 0 spiro atoms. The maximum atomic E-state index is 12.1. The number of nitrogens with zero attached hydrogens (tertiary/aromatic N) is 1. The van der Waals surface area contributed by atoms with E-state index in [0.717, 1.165) is 37.2 Å². The molecule has 2 aromatic carbocycles. The van der Waals surface area contributed by atoms with Crippen LogP contribution in [0.2, 0.25) is 0 Å². The first-order valence-corrected chi connectivity index (χ1v) is 9.84. The minimum absolute atomic E-state index is 0.113. The lowest BCUT2D eigenvalue weighted by molar-refractivity contribution is -0.115. The number of likely N-dealkylation sites (tertiary alicyclic amines) is 1. The van der Waals surface area contributed by atoms with Gasteiger partial charge in [0, 0.05) is 31.0 Å². The average Bonchev–Trinajstić information content (AvgIpc) is 2.98. The van der Waals surface area contributed by atoms with Crippen molar-refractivity contribution in [2.45, 2.75) is 45.8 Å². The second-order valence-corrected chi connectivity index (χ2v) is 8.96. The summed E-state index contributed by atoms with van der Waals surface area (Å²) >= 11 is 0. The lowest BCUT2D eigenvalue weighted by Gasteiger charge is -2.27. The summed E-state index contributed by atoms with van der Waals surface area (Å²) in [5.74, 6) is 1.55. The minimum atomic E-state index is -0.428. The molecule has 2 aromatic rings. The standard InChI is InChI=1S/C24H31NO3/c1-23(2,3)28-22-13-19(11-12-21(22)27-5)20-15-25(16-24(20,4)17-26)14-18-9-7-6-8-10-18/h6-13,17,20H,14-16H2,1-5H3. The van der Waals surface area contributed by atoms with Crippen LogP contribution in [0.15, 0.2) is 48.5 Å². The van der Waals surface area contributed by atoms with E-state index in [9.17, 15) is 4.79 Å². The molecule has 1 saturated heterocycles. The summed E-state index contributed by atoms with van der Waals surface area (Å²) in [4.78, 5) is 14.4. The van der Waals surface area contributed by atoms with E-state index in [4.69, 9.17) is 9.47 Å². The molecule has 0 aromatic heterocycles. The predicted molar refractivity (Wildman–Crippen MR) is 112 cm³/mol. The number of hydrogen-bond acceptors (Lipinski definition) is 4. The van der Waals surface area contributed by atoms with Gasteiger partial charge in [0.1, 0.15) is 11.9 Å². The Kier molecular flexibility index (Phi) is 5.80. The molecule has 3 rings (SSSR count). The van der Waals surface area contributed by atoms with Gasteiger partial charge in [-0.25, -0.2) is 0 Å². The van der Waals surface area contributed by atoms with Crippen LogP contribution < -0.4 is 9.47 Å². The maximum absolute atomic E-state index is 12.1. The van der Waals surface area contributed by atoms with Crippen LogP contribution in [0.25, 0.3) is 0 Å². The van der Waals surface area contributed by atoms with Gasteiger partial charge in [-0.1, -0.05) is 43.3 Å². The number of carbonyl (C=O) groups excluding carboxylic acids is 1. The summed E-state index contributed by atoms with van der Waals surface area (Å²) in [6, 6.07) is 16.5. The normalized spacial score (nSPS) is 22.8.